The zero-order valence-corrected chi connectivity index (χ0v) is 12.1. The van der Waals surface area contributed by atoms with Gasteiger partial charge < -0.3 is 15.6 Å². The molecule has 1 atom stereocenters. The van der Waals surface area contributed by atoms with E-state index in [1.165, 1.54) is 12.1 Å². The van der Waals surface area contributed by atoms with Gasteiger partial charge >= 0.3 is 0 Å². The Balaban J connectivity index is 2.12. The molecule has 5 heteroatoms. The number of aliphatic hydroxyl groups is 1. The molecule has 1 aliphatic rings. The van der Waals surface area contributed by atoms with Crippen LogP contribution in [0.5, 0.6) is 0 Å². The molecule has 1 aromatic carbocycles. The monoisotopic (exact) mass is 282 g/mol. The zero-order valence-electron chi connectivity index (χ0n) is 12.1. The number of aliphatic hydroxyl groups excluding tert-OH is 1. The van der Waals surface area contributed by atoms with Gasteiger partial charge in [-0.15, -0.1) is 0 Å². The number of hydrogen-bond donors (Lipinski definition) is 2. The van der Waals surface area contributed by atoms with Crippen LogP contribution < -0.4 is 5.73 Å². The lowest BCUT2D eigenvalue weighted by Crippen LogP contribution is -2.53. The van der Waals surface area contributed by atoms with Gasteiger partial charge in [-0.3, -0.25) is 4.90 Å². The van der Waals surface area contributed by atoms with E-state index in [4.69, 9.17) is 10.5 Å². The second kappa shape index (κ2) is 6.18. The van der Waals surface area contributed by atoms with Gasteiger partial charge in [0, 0.05) is 26.2 Å². The van der Waals surface area contributed by atoms with Crippen molar-refractivity contribution in [2.75, 3.05) is 19.7 Å². The van der Waals surface area contributed by atoms with Crippen molar-refractivity contribution in [1.82, 2.24) is 4.90 Å². The summed E-state index contributed by atoms with van der Waals surface area (Å²) in [4.78, 5) is 2.22. The van der Waals surface area contributed by atoms with Crippen molar-refractivity contribution in [2.45, 2.75) is 38.6 Å². The second-order valence-corrected chi connectivity index (χ2v) is 5.97. The lowest BCUT2D eigenvalue weighted by atomic mass is 10.0. The Bertz CT molecular complexity index is 465. The largest absolute Gasteiger partial charge is 0.394 e. The second-order valence-electron chi connectivity index (χ2n) is 5.97. The summed E-state index contributed by atoms with van der Waals surface area (Å²) >= 11 is 0. The fraction of sp³-hybridized carbons (Fsp3) is 0.600. The summed E-state index contributed by atoms with van der Waals surface area (Å²) in [7, 11) is 0. The van der Waals surface area contributed by atoms with Crippen molar-refractivity contribution in [3.63, 3.8) is 0 Å². The van der Waals surface area contributed by atoms with Gasteiger partial charge in [0.25, 0.3) is 0 Å². The van der Waals surface area contributed by atoms with Gasteiger partial charge in [0.15, 0.2) is 0 Å². The van der Waals surface area contributed by atoms with Crippen LogP contribution >= 0.6 is 0 Å². The average Bonchev–Trinajstić information content (AvgIpc) is 2.39. The molecule has 0 amide bonds. The van der Waals surface area contributed by atoms with Crippen LogP contribution in [0.1, 0.15) is 25.0 Å². The van der Waals surface area contributed by atoms with Gasteiger partial charge in [-0.2, -0.15) is 0 Å². The standard InChI is InChI=1S/C15H23FN2O2/c1-15(2)10-18(8-14(9-19)20-15)7-11-3-4-13(16)5-12(11)6-17/h3-5,14,19H,6-10,17H2,1-2H3. The summed E-state index contributed by atoms with van der Waals surface area (Å²) in [5.41, 5.74) is 7.24. The summed E-state index contributed by atoms with van der Waals surface area (Å²) in [6.45, 7) is 6.48. The Hall–Kier alpha value is -1.01. The van der Waals surface area contributed by atoms with Crippen molar-refractivity contribution in [1.29, 1.82) is 0 Å². The lowest BCUT2D eigenvalue weighted by molar-refractivity contribution is -0.150. The van der Waals surface area contributed by atoms with E-state index in [0.717, 1.165) is 17.7 Å². The van der Waals surface area contributed by atoms with Gasteiger partial charge in [-0.25, -0.2) is 4.39 Å². The summed E-state index contributed by atoms with van der Waals surface area (Å²) in [5.74, 6) is -0.259. The summed E-state index contributed by atoms with van der Waals surface area (Å²) in [6.07, 6.45) is -0.180. The quantitative estimate of drug-likeness (QED) is 0.873. The van der Waals surface area contributed by atoms with Crippen molar-refractivity contribution in [3.05, 3.63) is 35.1 Å². The number of nitrogens with two attached hydrogens (primary N) is 1. The third-order valence-electron chi connectivity index (χ3n) is 3.54. The van der Waals surface area contributed by atoms with Crippen LogP contribution in [0.2, 0.25) is 0 Å². The third-order valence-corrected chi connectivity index (χ3v) is 3.54. The van der Waals surface area contributed by atoms with E-state index in [9.17, 15) is 9.50 Å². The first-order valence-electron chi connectivity index (χ1n) is 6.92. The fourth-order valence-electron chi connectivity index (χ4n) is 2.81. The highest BCUT2D eigenvalue weighted by Crippen LogP contribution is 2.23. The molecule has 2 rings (SSSR count). The van der Waals surface area contributed by atoms with Gasteiger partial charge in [0.05, 0.1) is 18.3 Å². The zero-order chi connectivity index (χ0) is 14.8. The molecule has 1 aliphatic heterocycles. The normalized spacial score (nSPS) is 22.9. The maximum absolute atomic E-state index is 13.2. The van der Waals surface area contributed by atoms with E-state index in [1.807, 2.05) is 13.8 Å². The van der Waals surface area contributed by atoms with Gasteiger partial charge in [-0.05, 0) is 37.1 Å². The summed E-state index contributed by atoms with van der Waals surface area (Å²) in [6, 6.07) is 4.74. The van der Waals surface area contributed by atoms with Crippen LogP contribution in [-0.2, 0) is 17.8 Å². The summed E-state index contributed by atoms with van der Waals surface area (Å²) in [5, 5.41) is 9.32. The molecule has 0 aliphatic carbocycles. The van der Waals surface area contributed by atoms with Gasteiger partial charge in [0.1, 0.15) is 5.82 Å². The van der Waals surface area contributed by atoms with Crippen LogP contribution in [0.4, 0.5) is 4.39 Å². The highest BCUT2D eigenvalue weighted by molar-refractivity contribution is 5.27. The Morgan fingerprint density at radius 2 is 2.20 bits per heavy atom. The number of hydrogen-bond acceptors (Lipinski definition) is 4. The van der Waals surface area contributed by atoms with E-state index in [-0.39, 0.29) is 24.1 Å². The number of halogens is 1. The number of rotatable bonds is 4. The van der Waals surface area contributed by atoms with Crippen molar-refractivity contribution >= 4 is 0 Å². The maximum atomic E-state index is 13.2. The van der Waals surface area contributed by atoms with Gasteiger partial charge in [0.2, 0.25) is 0 Å². The average molecular weight is 282 g/mol. The molecule has 0 aromatic heterocycles. The van der Waals surface area contributed by atoms with Crippen LogP contribution in [0.25, 0.3) is 0 Å². The van der Waals surface area contributed by atoms with E-state index in [2.05, 4.69) is 4.90 Å². The molecule has 0 spiro atoms. The predicted octanol–water partition coefficient (Wildman–Crippen LogP) is 1.26. The van der Waals surface area contributed by atoms with Gasteiger partial charge in [-0.1, -0.05) is 6.07 Å². The molecule has 4 nitrogen and oxygen atoms in total. The summed E-state index contributed by atoms with van der Waals surface area (Å²) < 4.78 is 19.0. The number of nitrogens with zero attached hydrogens (tertiary/aromatic N) is 1. The Kier molecular flexibility index (Phi) is 4.75. The van der Waals surface area contributed by atoms with Crippen molar-refractivity contribution in [2.24, 2.45) is 5.73 Å². The van der Waals surface area contributed by atoms with E-state index < -0.39 is 0 Å². The molecule has 1 heterocycles. The van der Waals surface area contributed by atoms with E-state index >= 15 is 0 Å². The van der Waals surface area contributed by atoms with E-state index in [0.29, 0.717) is 19.6 Å². The number of ether oxygens (including phenoxy) is 1. The minimum Gasteiger partial charge on any atom is -0.394 e. The highest BCUT2D eigenvalue weighted by Gasteiger charge is 2.33. The molecular formula is C15H23FN2O2. The molecule has 0 bridgehead atoms. The van der Waals surface area contributed by atoms with Crippen LogP contribution in [-0.4, -0.2) is 41.4 Å². The van der Waals surface area contributed by atoms with Crippen molar-refractivity contribution < 1.29 is 14.2 Å². The maximum Gasteiger partial charge on any atom is 0.123 e. The highest BCUT2D eigenvalue weighted by atomic mass is 19.1. The smallest absolute Gasteiger partial charge is 0.123 e. The predicted molar refractivity (Wildman–Crippen MR) is 75.6 cm³/mol. The van der Waals surface area contributed by atoms with Crippen LogP contribution in [0, 0.1) is 5.82 Å². The SMILES string of the molecule is CC1(C)CN(Cc2ccc(F)cc2CN)CC(CO)O1. The van der Waals surface area contributed by atoms with E-state index in [1.54, 1.807) is 6.07 Å². The van der Waals surface area contributed by atoms with Crippen LogP contribution in [0.15, 0.2) is 18.2 Å². The molecule has 1 fully saturated rings. The molecule has 1 aromatic rings. The Labute approximate surface area is 119 Å². The molecule has 0 saturated carbocycles. The number of morpholine rings is 1. The first-order chi connectivity index (χ1) is 9.43. The molecule has 3 N–H and O–H groups in total. The minimum atomic E-state index is -0.297. The Morgan fingerprint density at radius 3 is 2.85 bits per heavy atom. The first-order valence-corrected chi connectivity index (χ1v) is 6.92. The molecule has 0 radical (unpaired) electrons. The van der Waals surface area contributed by atoms with Crippen molar-refractivity contribution in [3.8, 4) is 0 Å². The number of benzene rings is 1. The minimum absolute atomic E-state index is 0.00704. The fourth-order valence-corrected chi connectivity index (χ4v) is 2.81. The third kappa shape index (κ3) is 3.76. The molecule has 20 heavy (non-hydrogen) atoms. The Morgan fingerprint density at radius 1 is 1.45 bits per heavy atom. The topological polar surface area (TPSA) is 58.7 Å². The molecular weight excluding hydrogens is 259 g/mol. The first kappa shape index (κ1) is 15.4. The lowest BCUT2D eigenvalue weighted by Gasteiger charge is -2.42. The molecule has 1 saturated heterocycles. The van der Waals surface area contributed by atoms with Crippen LogP contribution in [0.3, 0.4) is 0 Å². The molecule has 112 valence electrons. The molecule has 1 unspecified atom stereocenters.